The van der Waals surface area contributed by atoms with Gasteiger partial charge in [-0.3, -0.25) is 9.69 Å². The van der Waals surface area contributed by atoms with Crippen LogP contribution in [0.5, 0.6) is 5.75 Å². The van der Waals surface area contributed by atoms with Crippen LogP contribution in [0.4, 0.5) is 0 Å². The Morgan fingerprint density at radius 2 is 2.07 bits per heavy atom. The Morgan fingerprint density at radius 3 is 2.83 bits per heavy atom. The van der Waals surface area contributed by atoms with Gasteiger partial charge in [0, 0.05) is 50.9 Å². The van der Waals surface area contributed by atoms with E-state index in [0.717, 1.165) is 57.0 Å². The maximum absolute atomic E-state index is 11.8. The zero-order valence-electron chi connectivity index (χ0n) is 17.4. The molecule has 0 spiro atoms. The number of rotatable bonds is 5. The lowest BCUT2D eigenvalue weighted by atomic mass is 10.1. The molecule has 7 nitrogen and oxygen atoms in total. The third-order valence-electron chi connectivity index (χ3n) is 6.27. The number of hydrogen-bond donors (Lipinski definition) is 0. The summed E-state index contributed by atoms with van der Waals surface area (Å²) < 4.78 is 15.8. The Balaban J connectivity index is 1.22. The van der Waals surface area contributed by atoms with E-state index in [-0.39, 0.29) is 11.7 Å². The SMILES string of the molecule is Cn1cnc(CN2CCC(Oc3cccc4c3ccn4C3CCOC3)CC2)cc1=O. The lowest BCUT2D eigenvalue weighted by Crippen LogP contribution is -2.38. The van der Waals surface area contributed by atoms with E-state index in [9.17, 15) is 4.79 Å². The quantitative estimate of drug-likeness (QED) is 0.650. The smallest absolute Gasteiger partial charge is 0.253 e. The second-order valence-electron chi connectivity index (χ2n) is 8.35. The number of ether oxygens (including phenoxy) is 2. The van der Waals surface area contributed by atoms with Crippen molar-refractivity contribution in [2.45, 2.75) is 38.0 Å². The van der Waals surface area contributed by atoms with Gasteiger partial charge in [0.2, 0.25) is 0 Å². The number of piperidine rings is 1. The standard InChI is InChI=1S/C23H28N4O3/c1-25-16-24-17(13-23(25)28)14-26-9-5-19(6-10-26)30-22-4-2-3-21-20(22)7-11-27(21)18-8-12-29-15-18/h2-4,7,11,13,16,18-19H,5-6,8-10,12,14-15H2,1H3. The first kappa shape index (κ1) is 19.3. The van der Waals surface area contributed by atoms with Gasteiger partial charge in [0.25, 0.3) is 5.56 Å². The molecule has 2 aliphatic rings. The van der Waals surface area contributed by atoms with Crippen molar-refractivity contribution in [1.29, 1.82) is 0 Å². The molecule has 2 aromatic heterocycles. The highest BCUT2D eigenvalue weighted by molar-refractivity contribution is 5.86. The fraction of sp³-hybridized carbons (Fsp3) is 0.478. The van der Waals surface area contributed by atoms with Crippen molar-refractivity contribution in [3.8, 4) is 5.75 Å². The van der Waals surface area contributed by atoms with E-state index < -0.39 is 0 Å². The number of nitrogens with zero attached hydrogens (tertiary/aromatic N) is 4. The molecule has 2 aliphatic heterocycles. The fourth-order valence-electron chi connectivity index (χ4n) is 4.50. The lowest BCUT2D eigenvalue weighted by Gasteiger charge is -2.32. The minimum atomic E-state index is -0.0117. The van der Waals surface area contributed by atoms with Gasteiger partial charge < -0.3 is 18.6 Å². The molecular formula is C23H28N4O3. The molecule has 1 aromatic carbocycles. The highest BCUT2D eigenvalue weighted by Crippen LogP contribution is 2.32. The van der Waals surface area contributed by atoms with E-state index in [1.165, 1.54) is 15.5 Å². The number of likely N-dealkylation sites (tertiary alicyclic amines) is 1. The molecule has 1 atom stereocenters. The van der Waals surface area contributed by atoms with Crippen LogP contribution in [0.15, 0.2) is 47.7 Å². The third kappa shape index (κ3) is 3.87. The van der Waals surface area contributed by atoms with Crippen molar-refractivity contribution in [3.63, 3.8) is 0 Å². The predicted molar refractivity (Wildman–Crippen MR) is 115 cm³/mol. The molecule has 2 fully saturated rings. The summed E-state index contributed by atoms with van der Waals surface area (Å²) in [6.07, 6.45) is 6.97. The fourth-order valence-corrected chi connectivity index (χ4v) is 4.50. The van der Waals surface area contributed by atoms with Crippen LogP contribution >= 0.6 is 0 Å². The van der Waals surface area contributed by atoms with Crippen LogP contribution in [-0.2, 0) is 18.3 Å². The summed E-state index contributed by atoms with van der Waals surface area (Å²) in [4.78, 5) is 18.5. The van der Waals surface area contributed by atoms with Crippen molar-refractivity contribution in [2.24, 2.45) is 7.05 Å². The topological polar surface area (TPSA) is 61.5 Å². The molecule has 0 bridgehead atoms. The lowest BCUT2D eigenvalue weighted by molar-refractivity contribution is 0.0972. The van der Waals surface area contributed by atoms with Gasteiger partial charge >= 0.3 is 0 Å². The highest BCUT2D eigenvalue weighted by atomic mass is 16.5. The first-order chi connectivity index (χ1) is 14.7. The summed E-state index contributed by atoms with van der Waals surface area (Å²) >= 11 is 0. The van der Waals surface area contributed by atoms with E-state index in [0.29, 0.717) is 12.6 Å². The number of benzene rings is 1. The molecule has 2 saturated heterocycles. The maximum atomic E-state index is 11.8. The van der Waals surface area contributed by atoms with Gasteiger partial charge in [-0.25, -0.2) is 4.98 Å². The van der Waals surface area contributed by atoms with Gasteiger partial charge in [-0.1, -0.05) is 6.07 Å². The van der Waals surface area contributed by atoms with Gasteiger partial charge in [0.1, 0.15) is 11.9 Å². The summed E-state index contributed by atoms with van der Waals surface area (Å²) in [6, 6.07) is 10.5. The van der Waals surface area contributed by atoms with Crippen LogP contribution < -0.4 is 10.3 Å². The molecular weight excluding hydrogens is 380 g/mol. The van der Waals surface area contributed by atoms with Crippen molar-refractivity contribution in [1.82, 2.24) is 19.0 Å². The van der Waals surface area contributed by atoms with Crippen LogP contribution in [0, 0.1) is 0 Å². The van der Waals surface area contributed by atoms with Crippen molar-refractivity contribution in [2.75, 3.05) is 26.3 Å². The molecule has 0 amide bonds. The maximum Gasteiger partial charge on any atom is 0.253 e. The number of aryl methyl sites for hydroxylation is 1. The van der Waals surface area contributed by atoms with E-state index in [4.69, 9.17) is 9.47 Å². The number of aromatic nitrogens is 3. The average molecular weight is 409 g/mol. The van der Waals surface area contributed by atoms with Crippen LogP contribution in [-0.4, -0.2) is 51.4 Å². The summed E-state index contributed by atoms with van der Waals surface area (Å²) in [7, 11) is 1.72. The molecule has 4 heterocycles. The molecule has 3 aromatic rings. The molecule has 0 radical (unpaired) electrons. The van der Waals surface area contributed by atoms with Crippen molar-refractivity contribution in [3.05, 3.63) is 58.9 Å². The van der Waals surface area contributed by atoms with E-state index in [1.54, 1.807) is 19.4 Å². The molecule has 7 heteroatoms. The van der Waals surface area contributed by atoms with Gasteiger partial charge in [-0.15, -0.1) is 0 Å². The normalized spacial score (nSPS) is 20.8. The second kappa shape index (κ2) is 8.24. The van der Waals surface area contributed by atoms with Crippen LogP contribution in [0.2, 0.25) is 0 Å². The average Bonchev–Trinajstić information content (AvgIpc) is 3.42. The van der Waals surface area contributed by atoms with Gasteiger partial charge in [-0.2, -0.15) is 0 Å². The summed E-state index contributed by atoms with van der Waals surface area (Å²) in [6.45, 7) is 4.22. The molecule has 158 valence electrons. The van der Waals surface area contributed by atoms with Crippen molar-refractivity contribution >= 4 is 10.9 Å². The first-order valence-corrected chi connectivity index (χ1v) is 10.8. The van der Waals surface area contributed by atoms with Crippen LogP contribution in [0.25, 0.3) is 10.9 Å². The van der Waals surface area contributed by atoms with Gasteiger partial charge in [0.15, 0.2) is 0 Å². The van der Waals surface area contributed by atoms with E-state index in [1.807, 2.05) is 0 Å². The Morgan fingerprint density at radius 1 is 1.20 bits per heavy atom. The molecule has 0 N–H and O–H groups in total. The van der Waals surface area contributed by atoms with Crippen LogP contribution in [0.1, 0.15) is 31.0 Å². The molecule has 0 aliphatic carbocycles. The second-order valence-corrected chi connectivity index (χ2v) is 8.35. The van der Waals surface area contributed by atoms with Crippen LogP contribution in [0.3, 0.4) is 0 Å². The minimum Gasteiger partial charge on any atom is -0.490 e. The third-order valence-corrected chi connectivity index (χ3v) is 6.27. The van der Waals surface area contributed by atoms with E-state index in [2.05, 4.69) is 44.9 Å². The number of hydrogen-bond acceptors (Lipinski definition) is 5. The molecule has 1 unspecified atom stereocenters. The Labute approximate surface area is 175 Å². The van der Waals surface area contributed by atoms with Gasteiger partial charge in [-0.05, 0) is 37.5 Å². The van der Waals surface area contributed by atoms with Crippen molar-refractivity contribution < 1.29 is 9.47 Å². The molecule has 5 rings (SSSR count). The predicted octanol–water partition coefficient (Wildman–Crippen LogP) is 2.74. The zero-order chi connectivity index (χ0) is 20.5. The summed E-state index contributed by atoms with van der Waals surface area (Å²) in [5, 5.41) is 1.18. The molecule has 30 heavy (non-hydrogen) atoms. The summed E-state index contributed by atoms with van der Waals surface area (Å²) in [5.74, 6) is 0.969. The molecule has 0 saturated carbocycles. The Kier molecular flexibility index (Phi) is 5.31. The zero-order valence-corrected chi connectivity index (χ0v) is 17.4. The highest BCUT2D eigenvalue weighted by Gasteiger charge is 2.23. The Hall–Kier alpha value is -2.64. The Bertz CT molecular complexity index is 1080. The van der Waals surface area contributed by atoms with E-state index >= 15 is 0 Å². The number of fused-ring (bicyclic) bond motifs is 1. The monoisotopic (exact) mass is 408 g/mol. The largest absolute Gasteiger partial charge is 0.490 e. The van der Waals surface area contributed by atoms with Gasteiger partial charge in [0.05, 0.1) is 30.2 Å². The minimum absolute atomic E-state index is 0.0117. The first-order valence-electron chi connectivity index (χ1n) is 10.8. The summed E-state index contributed by atoms with van der Waals surface area (Å²) in [5.41, 5.74) is 2.04.